The van der Waals surface area contributed by atoms with Crippen LogP contribution in [-0.2, 0) is 0 Å². The SMILES string of the molecule is COc1cccc(OC)c1C(=O)N1CCN(c2ccc(C#N)cc2)CC1. The number of rotatable bonds is 4. The van der Waals surface area contributed by atoms with Crippen LogP contribution in [0.2, 0.25) is 0 Å². The lowest BCUT2D eigenvalue weighted by molar-refractivity contribution is 0.0740. The van der Waals surface area contributed by atoms with Crippen LogP contribution >= 0.6 is 0 Å². The summed E-state index contributed by atoms with van der Waals surface area (Å²) in [6.45, 7) is 2.68. The number of carbonyl (C=O) groups is 1. The van der Waals surface area contributed by atoms with Crippen LogP contribution in [0.4, 0.5) is 5.69 Å². The van der Waals surface area contributed by atoms with Gasteiger partial charge in [-0.2, -0.15) is 5.26 Å². The number of anilines is 1. The van der Waals surface area contributed by atoms with Gasteiger partial charge in [0.2, 0.25) is 0 Å². The smallest absolute Gasteiger partial charge is 0.261 e. The number of carbonyl (C=O) groups excluding carboxylic acids is 1. The van der Waals surface area contributed by atoms with Crippen LogP contribution in [0.5, 0.6) is 11.5 Å². The number of benzene rings is 2. The van der Waals surface area contributed by atoms with E-state index in [-0.39, 0.29) is 5.91 Å². The molecule has 0 N–H and O–H groups in total. The molecule has 0 bridgehead atoms. The molecule has 0 aromatic heterocycles. The minimum atomic E-state index is -0.0845. The van der Waals surface area contributed by atoms with Crippen molar-refractivity contribution in [3.63, 3.8) is 0 Å². The Morgan fingerprint density at radius 1 is 0.962 bits per heavy atom. The number of ether oxygens (including phenoxy) is 2. The zero-order chi connectivity index (χ0) is 18.5. The Bertz CT molecular complexity index is 797. The Labute approximate surface area is 153 Å². The molecule has 6 nitrogen and oxygen atoms in total. The van der Waals surface area contributed by atoms with Gasteiger partial charge in [-0.3, -0.25) is 4.79 Å². The lowest BCUT2D eigenvalue weighted by Gasteiger charge is -2.36. The van der Waals surface area contributed by atoms with E-state index in [9.17, 15) is 4.79 Å². The van der Waals surface area contributed by atoms with Crippen LogP contribution in [0.25, 0.3) is 0 Å². The summed E-state index contributed by atoms with van der Waals surface area (Å²) in [5.41, 5.74) is 2.17. The summed E-state index contributed by atoms with van der Waals surface area (Å²) in [5, 5.41) is 8.90. The van der Waals surface area contributed by atoms with Crippen molar-refractivity contribution in [1.82, 2.24) is 4.90 Å². The Kier molecular flexibility index (Phi) is 5.28. The van der Waals surface area contributed by atoms with Gasteiger partial charge >= 0.3 is 0 Å². The van der Waals surface area contributed by atoms with Crippen molar-refractivity contribution >= 4 is 11.6 Å². The highest BCUT2D eigenvalue weighted by molar-refractivity contribution is 5.99. The molecule has 1 aliphatic heterocycles. The van der Waals surface area contributed by atoms with E-state index in [0.29, 0.717) is 35.7 Å². The predicted octanol–water partition coefficient (Wildman–Crippen LogP) is 2.54. The number of nitrogens with zero attached hydrogens (tertiary/aromatic N) is 3. The van der Waals surface area contributed by atoms with E-state index in [0.717, 1.165) is 18.8 Å². The zero-order valence-corrected chi connectivity index (χ0v) is 14.9. The van der Waals surface area contributed by atoms with Crippen LogP contribution < -0.4 is 14.4 Å². The number of methoxy groups -OCH3 is 2. The third-order valence-electron chi connectivity index (χ3n) is 4.57. The average Bonchev–Trinajstić information content (AvgIpc) is 2.72. The van der Waals surface area contributed by atoms with E-state index in [1.807, 2.05) is 29.2 Å². The number of hydrogen-bond donors (Lipinski definition) is 0. The molecule has 3 rings (SSSR count). The average molecular weight is 351 g/mol. The van der Waals surface area contributed by atoms with Crippen molar-refractivity contribution < 1.29 is 14.3 Å². The molecule has 0 saturated carbocycles. The highest BCUT2D eigenvalue weighted by Crippen LogP contribution is 2.30. The fourth-order valence-electron chi connectivity index (χ4n) is 3.13. The molecular weight excluding hydrogens is 330 g/mol. The van der Waals surface area contributed by atoms with Crippen LogP contribution in [-0.4, -0.2) is 51.2 Å². The maximum absolute atomic E-state index is 13.0. The molecule has 1 heterocycles. The van der Waals surface area contributed by atoms with E-state index < -0.39 is 0 Å². The first-order valence-electron chi connectivity index (χ1n) is 8.43. The number of amides is 1. The molecular formula is C20H21N3O3. The molecule has 6 heteroatoms. The quantitative estimate of drug-likeness (QED) is 0.847. The minimum Gasteiger partial charge on any atom is -0.496 e. The van der Waals surface area contributed by atoms with Gasteiger partial charge in [0.1, 0.15) is 17.1 Å². The fraction of sp³-hybridized carbons (Fsp3) is 0.300. The fourth-order valence-corrected chi connectivity index (χ4v) is 3.13. The third-order valence-corrected chi connectivity index (χ3v) is 4.57. The van der Waals surface area contributed by atoms with Crippen molar-refractivity contribution in [3.05, 3.63) is 53.6 Å². The van der Waals surface area contributed by atoms with E-state index in [1.54, 1.807) is 32.4 Å². The summed E-state index contributed by atoms with van der Waals surface area (Å²) in [6, 6.07) is 15.0. The summed E-state index contributed by atoms with van der Waals surface area (Å²) >= 11 is 0. The molecule has 134 valence electrons. The molecule has 2 aromatic rings. The van der Waals surface area contributed by atoms with Crippen molar-refractivity contribution in [2.45, 2.75) is 0 Å². The maximum Gasteiger partial charge on any atom is 0.261 e. The Hall–Kier alpha value is -3.20. The van der Waals surface area contributed by atoms with Gasteiger partial charge in [-0.05, 0) is 36.4 Å². The second-order valence-electron chi connectivity index (χ2n) is 5.98. The van der Waals surface area contributed by atoms with Gasteiger partial charge in [-0.25, -0.2) is 0 Å². The number of hydrogen-bond acceptors (Lipinski definition) is 5. The van der Waals surface area contributed by atoms with Crippen molar-refractivity contribution in [2.24, 2.45) is 0 Å². The number of piperazine rings is 1. The molecule has 0 radical (unpaired) electrons. The summed E-state index contributed by atoms with van der Waals surface area (Å²) < 4.78 is 10.7. The minimum absolute atomic E-state index is 0.0845. The molecule has 1 saturated heterocycles. The lowest BCUT2D eigenvalue weighted by Crippen LogP contribution is -2.48. The molecule has 0 aliphatic carbocycles. The summed E-state index contributed by atoms with van der Waals surface area (Å²) in [4.78, 5) is 17.0. The van der Waals surface area contributed by atoms with E-state index in [4.69, 9.17) is 14.7 Å². The summed E-state index contributed by atoms with van der Waals surface area (Å²) in [7, 11) is 3.10. The molecule has 0 spiro atoms. The highest BCUT2D eigenvalue weighted by atomic mass is 16.5. The monoisotopic (exact) mass is 351 g/mol. The standard InChI is InChI=1S/C20H21N3O3/c1-25-17-4-3-5-18(26-2)19(17)20(24)23-12-10-22(11-13-23)16-8-6-15(14-21)7-9-16/h3-9H,10-13H2,1-2H3. The van der Waals surface area contributed by atoms with Gasteiger partial charge in [0, 0.05) is 31.9 Å². The first kappa shape index (κ1) is 17.6. The van der Waals surface area contributed by atoms with Crippen LogP contribution in [0.3, 0.4) is 0 Å². The lowest BCUT2D eigenvalue weighted by atomic mass is 10.1. The molecule has 0 atom stereocenters. The Morgan fingerprint density at radius 2 is 1.54 bits per heavy atom. The van der Waals surface area contributed by atoms with Crippen molar-refractivity contribution in [3.8, 4) is 17.6 Å². The van der Waals surface area contributed by atoms with Gasteiger partial charge in [0.25, 0.3) is 5.91 Å². The van der Waals surface area contributed by atoms with E-state index >= 15 is 0 Å². The van der Waals surface area contributed by atoms with Gasteiger partial charge < -0.3 is 19.3 Å². The van der Waals surface area contributed by atoms with Crippen LogP contribution in [0.1, 0.15) is 15.9 Å². The first-order valence-corrected chi connectivity index (χ1v) is 8.43. The number of nitriles is 1. The van der Waals surface area contributed by atoms with E-state index in [1.165, 1.54) is 0 Å². The first-order chi connectivity index (χ1) is 12.7. The van der Waals surface area contributed by atoms with Crippen molar-refractivity contribution in [1.29, 1.82) is 5.26 Å². The molecule has 1 aliphatic rings. The van der Waals surface area contributed by atoms with Gasteiger partial charge in [-0.15, -0.1) is 0 Å². The highest BCUT2D eigenvalue weighted by Gasteiger charge is 2.27. The van der Waals surface area contributed by atoms with Gasteiger partial charge in [0.05, 0.1) is 25.9 Å². The second-order valence-corrected chi connectivity index (χ2v) is 5.98. The van der Waals surface area contributed by atoms with Crippen LogP contribution in [0, 0.1) is 11.3 Å². The molecule has 0 unspecified atom stereocenters. The molecule has 2 aromatic carbocycles. The largest absolute Gasteiger partial charge is 0.496 e. The van der Waals surface area contributed by atoms with Gasteiger partial charge in [-0.1, -0.05) is 6.07 Å². The second kappa shape index (κ2) is 7.79. The normalized spacial score (nSPS) is 13.9. The summed E-state index contributed by atoms with van der Waals surface area (Å²) in [5.74, 6) is 0.950. The molecule has 26 heavy (non-hydrogen) atoms. The van der Waals surface area contributed by atoms with E-state index in [2.05, 4.69) is 11.0 Å². The zero-order valence-electron chi connectivity index (χ0n) is 14.9. The third kappa shape index (κ3) is 3.42. The molecule has 1 amide bonds. The Morgan fingerprint density at radius 3 is 2.04 bits per heavy atom. The van der Waals surface area contributed by atoms with Crippen LogP contribution in [0.15, 0.2) is 42.5 Å². The topological polar surface area (TPSA) is 65.8 Å². The Balaban J connectivity index is 1.72. The summed E-state index contributed by atoms with van der Waals surface area (Å²) in [6.07, 6.45) is 0. The molecule has 1 fully saturated rings. The predicted molar refractivity (Wildman–Crippen MR) is 98.8 cm³/mol. The maximum atomic E-state index is 13.0. The van der Waals surface area contributed by atoms with Gasteiger partial charge in [0.15, 0.2) is 0 Å². The van der Waals surface area contributed by atoms with Crippen molar-refractivity contribution in [2.75, 3.05) is 45.3 Å².